The smallest absolute Gasteiger partial charge is 0.310 e. The Kier molecular flexibility index (Phi) is 3.97. The van der Waals surface area contributed by atoms with E-state index in [1.54, 1.807) is 6.20 Å². The molecule has 2 aliphatic rings. The van der Waals surface area contributed by atoms with Gasteiger partial charge in [0, 0.05) is 19.8 Å². The summed E-state index contributed by atoms with van der Waals surface area (Å²) in [5.74, 6) is -1.24. The number of ether oxygens (including phenoxy) is 1. The third kappa shape index (κ3) is 2.62. The molecule has 146 valence electrons. The predicted octanol–water partition coefficient (Wildman–Crippen LogP) is 3.12. The summed E-state index contributed by atoms with van der Waals surface area (Å²) < 4.78 is 4.93. The molecular formula is C19H21N5O3S. The highest BCUT2D eigenvalue weighted by atomic mass is 32.1. The summed E-state index contributed by atoms with van der Waals surface area (Å²) in [6, 6.07) is 1.89. The Morgan fingerprint density at radius 2 is 2.11 bits per heavy atom. The van der Waals surface area contributed by atoms with Gasteiger partial charge in [-0.25, -0.2) is 15.0 Å². The van der Waals surface area contributed by atoms with Crippen molar-refractivity contribution in [1.29, 1.82) is 0 Å². The SMILES string of the molecule is COC(=O)C1C2C=CC(C2)C1C(=O)Nc1nc(-c2ncnc3[nH]ccc23)cs1.[HH].[HH]. The van der Waals surface area contributed by atoms with Crippen molar-refractivity contribution in [3.8, 4) is 11.4 Å². The Hall–Kier alpha value is -3.07. The van der Waals surface area contributed by atoms with Crippen LogP contribution in [0.5, 0.6) is 0 Å². The van der Waals surface area contributed by atoms with Crippen LogP contribution in [0, 0.1) is 23.7 Å². The topological polar surface area (TPSA) is 110 Å². The number of nitrogens with one attached hydrogen (secondary N) is 2. The van der Waals surface area contributed by atoms with Gasteiger partial charge in [0.15, 0.2) is 5.13 Å². The quantitative estimate of drug-likeness (QED) is 0.515. The molecule has 0 spiro atoms. The van der Waals surface area contributed by atoms with E-state index in [2.05, 4.69) is 25.3 Å². The van der Waals surface area contributed by atoms with Gasteiger partial charge in [-0.1, -0.05) is 12.2 Å². The number of hydrogen-bond donors (Lipinski definition) is 2. The fraction of sp³-hybridized carbons (Fsp3) is 0.316. The fourth-order valence-corrected chi connectivity index (χ4v) is 5.04. The molecule has 0 saturated heterocycles. The molecule has 2 aliphatic carbocycles. The van der Waals surface area contributed by atoms with Crippen LogP contribution in [0.15, 0.2) is 36.1 Å². The molecule has 8 nitrogen and oxygen atoms in total. The van der Waals surface area contributed by atoms with Crippen LogP contribution in [-0.2, 0) is 14.3 Å². The summed E-state index contributed by atoms with van der Waals surface area (Å²) in [6.45, 7) is 0. The molecule has 28 heavy (non-hydrogen) atoms. The van der Waals surface area contributed by atoms with Gasteiger partial charge in [0.05, 0.1) is 18.9 Å². The number of rotatable bonds is 4. The normalized spacial score (nSPS) is 25.3. The number of fused-ring (bicyclic) bond motifs is 3. The van der Waals surface area contributed by atoms with E-state index in [1.807, 2.05) is 23.6 Å². The standard InChI is InChI=1S/C19H17N5O3S.2H2/c1-27-18(26)14-10-3-2-9(6-10)13(14)17(25)24-19-23-12(7-28-19)15-11-4-5-20-16(11)22-8-21-15;;/h2-5,7-10,13-14H,6H2,1H3,(H,20,21,22)(H,23,24,25);2*1H. The van der Waals surface area contributed by atoms with Gasteiger partial charge < -0.3 is 15.0 Å². The molecule has 3 aromatic rings. The fourth-order valence-electron chi connectivity index (χ4n) is 4.34. The molecule has 1 amide bonds. The zero-order valence-electron chi connectivity index (χ0n) is 15.0. The van der Waals surface area contributed by atoms with Crippen molar-refractivity contribution in [2.75, 3.05) is 12.4 Å². The lowest BCUT2D eigenvalue weighted by Crippen LogP contribution is -2.37. The first-order valence-corrected chi connectivity index (χ1v) is 9.84. The van der Waals surface area contributed by atoms with Crippen LogP contribution in [-0.4, -0.2) is 38.9 Å². The highest BCUT2D eigenvalue weighted by molar-refractivity contribution is 7.14. The van der Waals surface area contributed by atoms with Gasteiger partial charge in [0.25, 0.3) is 0 Å². The van der Waals surface area contributed by atoms with E-state index >= 15 is 0 Å². The van der Waals surface area contributed by atoms with E-state index in [-0.39, 0.29) is 26.6 Å². The maximum atomic E-state index is 12.9. The molecule has 1 saturated carbocycles. The second-order valence-corrected chi connectivity index (χ2v) is 7.87. The van der Waals surface area contributed by atoms with E-state index in [1.165, 1.54) is 24.8 Å². The number of methoxy groups -OCH3 is 1. The molecule has 5 rings (SSSR count). The van der Waals surface area contributed by atoms with Crippen molar-refractivity contribution in [1.82, 2.24) is 19.9 Å². The summed E-state index contributed by atoms with van der Waals surface area (Å²) >= 11 is 1.33. The van der Waals surface area contributed by atoms with Gasteiger partial charge in [0.2, 0.25) is 5.91 Å². The Morgan fingerprint density at radius 3 is 2.93 bits per heavy atom. The number of carbonyl (C=O) groups is 2. The molecular weight excluding hydrogens is 378 g/mol. The number of allylic oxidation sites excluding steroid dienone is 2. The molecule has 2 bridgehead atoms. The summed E-state index contributed by atoms with van der Waals surface area (Å²) in [7, 11) is 1.36. The van der Waals surface area contributed by atoms with Crippen LogP contribution >= 0.6 is 11.3 Å². The van der Waals surface area contributed by atoms with Crippen molar-refractivity contribution in [3.63, 3.8) is 0 Å². The van der Waals surface area contributed by atoms with Crippen LogP contribution < -0.4 is 5.32 Å². The first kappa shape index (κ1) is 17.1. The number of amides is 1. The van der Waals surface area contributed by atoms with E-state index in [0.29, 0.717) is 16.5 Å². The van der Waals surface area contributed by atoms with Crippen LogP contribution in [0.25, 0.3) is 22.4 Å². The minimum atomic E-state index is -0.430. The van der Waals surface area contributed by atoms with Crippen LogP contribution in [0.3, 0.4) is 0 Å². The largest absolute Gasteiger partial charge is 0.469 e. The van der Waals surface area contributed by atoms with Gasteiger partial charge in [-0.3, -0.25) is 9.59 Å². The number of nitrogens with zero attached hydrogens (tertiary/aromatic N) is 3. The lowest BCUT2D eigenvalue weighted by atomic mass is 9.82. The van der Waals surface area contributed by atoms with Gasteiger partial charge in [-0.2, -0.15) is 0 Å². The summed E-state index contributed by atoms with van der Waals surface area (Å²) in [6.07, 6.45) is 8.15. The van der Waals surface area contributed by atoms with Crippen molar-refractivity contribution in [3.05, 3.63) is 36.1 Å². The lowest BCUT2D eigenvalue weighted by Gasteiger charge is -2.24. The third-order valence-electron chi connectivity index (χ3n) is 5.57. The summed E-state index contributed by atoms with van der Waals surface area (Å²) in [4.78, 5) is 41.2. The molecule has 0 aliphatic heterocycles. The molecule has 4 unspecified atom stereocenters. The van der Waals surface area contributed by atoms with Crippen molar-refractivity contribution in [2.45, 2.75) is 6.42 Å². The van der Waals surface area contributed by atoms with E-state index < -0.39 is 11.8 Å². The number of thiazole rings is 1. The molecule has 1 fully saturated rings. The monoisotopic (exact) mass is 399 g/mol. The van der Waals surface area contributed by atoms with Gasteiger partial charge >= 0.3 is 5.97 Å². The first-order valence-electron chi connectivity index (χ1n) is 8.96. The number of H-pyrrole nitrogens is 1. The van der Waals surface area contributed by atoms with Crippen LogP contribution in [0.4, 0.5) is 5.13 Å². The highest BCUT2D eigenvalue weighted by Gasteiger charge is 2.52. The Morgan fingerprint density at radius 1 is 1.29 bits per heavy atom. The molecule has 2 N–H and O–H groups in total. The predicted molar refractivity (Wildman–Crippen MR) is 108 cm³/mol. The van der Waals surface area contributed by atoms with Crippen LogP contribution in [0.2, 0.25) is 0 Å². The Labute approximate surface area is 167 Å². The first-order chi connectivity index (χ1) is 13.7. The number of aromatic nitrogens is 4. The lowest BCUT2D eigenvalue weighted by molar-refractivity contribution is -0.150. The van der Waals surface area contributed by atoms with E-state index in [0.717, 1.165) is 17.5 Å². The second kappa shape index (κ2) is 6.52. The third-order valence-corrected chi connectivity index (χ3v) is 6.32. The maximum absolute atomic E-state index is 12.9. The molecule has 9 heteroatoms. The molecule has 4 atom stereocenters. The maximum Gasteiger partial charge on any atom is 0.310 e. The van der Waals surface area contributed by atoms with Gasteiger partial charge in [-0.15, -0.1) is 11.3 Å². The number of anilines is 1. The zero-order valence-corrected chi connectivity index (χ0v) is 15.8. The summed E-state index contributed by atoms with van der Waals surface area (Å²) in [5, 5.41) is 6.09. The van der Waals surface area contributed by atoms with E-state index in [4.69, 9.17) is 4.74 Å². The average molecular weight is 399 g/mol. The van der Waals surface area contributed by atoms with Gasteiger partial charge in [0.1, 0.15) is 23.4 Å². The van der Waals surface area contributed by atoms with Crippen LogP contribution in [0.1, 0.15) is 9.27 Å². The minimum Gasteiger partial charge on any atom is -0.469 e. The Bertz CT molecular complexity index is 1110. The van der Waals surface area contributed by atoms with Crippen molar-refractivity contribution < 1.29 is 17.2 Å². The zero-order chi connectivity index (χ0) is 19.3. The van der Waals surface area contributed by atoms with E-state index in [9.17, 15) is 9.59 Å². The number of esters is 1. The number of carbonyl (C=O) groups excluding carboxylic acids is 2. The summed E-state index contributed by atoms with van der Waals surface area (Å²) in [5.41, 5.74) is 2.11. The molecule has 3 heterocycles. The average Bonchev–Trinajstić information content (AvgIpc) is 3.49. The molecule has 0 radical (unpaired) electrons. The van der Waals surface area contributed by atoms with Crippen molar-refractivity contribution >= 4 is 39.4 Å². The van der Waals surface area contributed by atoms with Gasteiger partial charge in [-0.05, 0) is 24.3 Å². The molecule has 0 aromatic carbocycles. The minimum absolute atomic E-state index is 0. The number of aromatic amines is 1. The van der Waals surface area contributed by atoms with Crippen molar-refractivity contribution in [2.24, 2.45) is 23.7 Å². The second-order valence-electron chi connectivity index (χ2n) is 7.01. The Balaban J connectivity index is 0.00000128. The molecule has 3 aromatic heterocycles. The highest BCUT2D eigenvalue weighted by Crippen LogP contribution is 2.49. The number of hydrogen-bond acceptors (Lipinski definition) is 7.